The predicted molar refractivity (Wildman–Crippen MR) is 99.3 cm³/mol. The topological polar surface area (TPSA) is 58.2 Å². The predicted octanol–water partition coefficient (Wildman–Crippen LogP) is 5.57. The molecule has 31 heavy (non-hydrogen) atoms. The monoisotopic (exact) mass is 450 g/mol. The van der Waals surface area contributed by atoms with E-state index in [2.05, 4.69) is 10.6 Å². The van der Waals surface area contributed by atoms with E-state index in [0.717, 1.165) is 48.5 Å². The summed E-state index contributed by atoms with van der Waals surface area (Å²) in [6.45, 7) is 2.34. The van der Waals surface area contributed by atoms with E-state index >= 15 is 0 Å². The maximum absolute atomic E-state index is 14.7. The second-order valence-electron chi connectivity index (χ2n) is 6.73. The summed E-state index contributed by atoms with van der Waals surface area (Å²) in [6.07, 6.45) is -6.50. The maximum Gasteiger partial charge on any atom is 0.459 e. The smallest absolute Gasteiger partial charge is 0.326 e. The number of anilines is 2. The number of nitrogens with one attached hydrogen (secondary N) is 2. The first-order valence-electron chi connectivity index (χ1n) is 8.74. The molecule has 0 saturated carbocycles. The highest BCUT2D eigenvalue weighted by molar-refractivity contribution is 5.89. The Bertz CT molecular complexity index is 880. The Hall–Kier alpha value is -3.11. The van der Waals surface area contributed by atoms with Gasteiger partial charge in [-0.15, -0.1) is 0 Å². The molecule has 0 spiro atoms. The molecule has 0 aliphatic heterocycles. The van der Waals surface area contributed by atoms with Crippen molar-refractivity contribution in [2.24, 2.45) is 0 Å². The maximum atomic E-state index is 14.7. The summed E-state index contributed by atoms with van der Waals surface area (Å²) < 4.78 is 95.6. The highest BCUT2D eigenvalue weighted by Crippen LogP contribution is 2.54. The molecule has 0 aliphatic rings. The zero-order valence-electron chi connectivity index (χ0n) is 16.2. The number of halogens is 7. The molecule has 11 heteroatoms. The van der Waals surface area contributed by atoms with Gasteiger partial charge in [0.15, 0.2) is 0 Å². The molecule has 0 aliphatic carbocycles. The van der Waals surface area contributed by atoms with E-state index in [4.69, 9.17) is 0 Å². The van der Waals surface area contributed by atoms with Gasteiger partial charge in [0.05, 0.1) is 5.92 Å². The Morgan fingerprint density at radius 2 is 1.00 bits per heavy atom. The summed E-state index contributed by atoms with van der Waals surface area (Å²) in [6, 6.07) is 8.15. The van der Waals surface area contributed by atoms with Crippen LogP contribution in [0.5, 0.6) is 0 Å². The van der Waals surface area contributed by atoms with Crippen LogP contribution < -0.4 is 10.6 Å². The lowest BCUT2D eigenvalue weighted by Crippen LogP contribution is -2.55. The molecule has 2 aromatic rings. The molecule has 4 nitrogen and oxygen atoms in total. The molecule has 0 saturated heterocycles. The van der Waals surface area contributed by atoms with Gasteiger partial charge in [-0.25, -0.2) is 0 Å². The standard InChI is InChI=1S/C20H17F7N2O2/c1-11(30)28-15-7-3-13(4-8-15)17(18(21,22)19(23,24)20(25,26)27)14-5-9-16(10-6-14)29-12(2)31/h3-10,17H,1-2H3,(H,28,30)(H,29,31). The summed E-state index contributed by atoms with van der Waals surface area (Å²) in [5.41, 5.74) is -0.783. The fourth-order valence-electron chi connectivity index (χ4n) is 2.91. The number of amides is 2. The Morgan fingerprint density at radius 3 is 1.26 bits per heavy atom. The Balaban J connectivity index is 2.59. The van der Waals surface area contributed by atoms with Gasteiger partial charge in [-0.2, -0.15) is 30.7 Å². The van der Waals surface area contributed by atoms with Crippen LogP contribution in [-0.4, -0.2) is 29.8 Å². The number of carbonyl (C=O) groups is 2. The van der Waals surface area contributed by atoms with E-state index in [1.54, 1.807) is 0 Å². The van der Waals surface area contributed by atoms with Crippen LogP contribution in [0.25, 0.3) is 0 Å². The van der Waals surface area contributed by atoms with Crippen LogP contribution in [0.4, 0.5) is 42.1 Å². The van der Waals surface area contributed by atoms with Crippen molar-refractivity contribution in [3.05, 3.63) is 59.7 Å². The van der Waals surface area contributed by atoms with Gasteiger partial charge in [0.25, 0.3) is 0 Å². The van der Waals surface area contributed by atoms with E-state index in [1.807, 2.05) is 0 Å². The van der Waals surface area contributed by atoms with E-state index in [1.165, 1.54) is 13.8 Å². The van der Waals surface area contributed by atoms with Crippen LogP contribution >= 0.6 is 0 Å². The van der Waals surface area contributed by atoms with Crippen LogP contribution in [0, 0.1) is 0 Å². The summed E-state index contributed by atoms with van der Waals surface area (Å²) in [7, 11) is 0. The SMILES string of the molecule is CC(=O)Nc1ccc(C(c2ccc(NC(C)=O)cc2)C(F)(F)C(F)(F)C(F)(F)F)cc1. The quantitative estimate of drug-likeness (QED) is 0.566. The molecule has 2 rings (SSSR count). The molecule has 0 aromatic heterocycles. The molecule has 0 radical (unpaired) electrons. The van der Waals surface area contributed by atoms with Crippen molar-refractivity contribution in [1.29, 1.82) is 0 Å². The molecule has 0 bridgehead atoms. The molecule has 2 aromatic carbocycles. The zero-order valence-corrected chi connectivity index (χ0v) is 16.2. The first-order chi connectivity index (χ1) is 14.2. The van der Waals surface area contributed by atoms with E-state index in [0.29, 0.717) is 0 Å². The van der Waals surface area contributed by atoms with Crippen LogP contribution in [0.15, 0.2) is 48.5 Å². The summed E-state index contributed by atoms with van der Waals surface area (Å²) >= 11 is 0. The fraction of sp³-hybridized carbons (Fsp3) is 0.300. The fourth-order valence-corrected chi connectivity index (χ4v) is 2.91. The number of hydrogen-bond donors (Lipinski definition) is 2. The van der Waals surface area contributed by atoms with Gasteiger partial charge in [-0.3, -0.25) is 9.59 Å². The second kappa shape index (κ2) is 8.56. The number of hydrogen-bond acceptors (Lipinski definition) is 2. The lowest BCUT2D eigenvalue weighted by atomic mass is 9.82. The third-order valence-electron chi connectivity index (χ3n) is 4.27. The van der Waals surface area contributed by atoms with Gasteiger partial charge in [-0.1, -0.05) is 24.3 Å². The molecule has 0 fully saturated rings. The minimum atomic E-state index is -6.50. The molecule has 168 valence electrons. The first-order valence-corrected chi connectivity index (χ1v) is 8.74. The molecule has 0 atom stereocenters. The minimum Gasteiger partial charge on any atom is -0.326 e. The lowest BCUT2D eigenvalue weighted by Gasteiger charge is -2.34. The van der Waals surface area contributed by atoms with Gasteiger partial charge in [0, 0.05) is 25.2 Å². The van der Waals surface area contributed by atoms with Gasteiger partial charge < -0.3 is 10.6 Å². The van der Waals surface area contributed by atoms with Crippen LogP contribution in [-0.2, 0) is 9.59 Å². The Labute approximate surface area is 172 Å². The van der Waals surface area contributed by atoms with Crippen molar-refractivity contribution in [2.75, 3.05) is 10.6 Å². The van der Waals surface area contributed by atoms with E-state index in [-0.39, 0.29) is 11.4 Å². The largest absolute Gasteiger partial charge is 0.459 e. The molecule has 0 unspecified atom stereocenters. The van der Waals surface area contributed by atoms with Crippen molar-refractivity contribution in [3.63, 3.8) is 0 Å². The van der Waals surface area contributed by atoms with Crippen molar-refractivity contribution >= 4 is 23.2 Å². The number of carbonyl (C=O) groups excluding carboxylic acids is 2. The third-order valence-corrected chi connectivity index (χ3v) is 4.27. The normalized spacial score (nSPS) is 12.6. The van der Waals surface area contributed by atoms with Gasteiger partial charge in [0.2, 0.25) is 11.8 Å². The van der Waals surface area contributed by atoms with Crippen LogP contribution in [0.3, 0.4) is 0 Å². The number of alkyl halides is 7. The molecular formula is C20H17F7N2O2. The molecule has 2 N–H and O–H groups in total. The highest BCUT2D eigenvalue weighted by atomic mass is 19.4. The van der Waals surface area contributed by atoms with E-state index < -0.39 is 46.9 Å². The highest BCUT2D eigenvalue weighted by Gasteiger charge is 2.75. The van der Waals surface area contributed by atoms with Gasteiger partial charge in [-0.05, 0) is 35.4 Å². The second-order valence-corrected chi connectivity index (χ2v) is 6.73. The summed E-state index contributed by atoms with van der Waals surface area (Å²) in [4.78, 5) is 22.2. The Kier molecular flexibility index (Phi) is 6.67. The van der Waals surface area contributed by atoms with Crippen molar-refractivity contribution in [2.45, 2.75) is 37.8 Å². The minimum absolute atomic E-state index is 0.141. The van der Waals surface area contributed by atoms with Gasteiger partial charge in [0.1, 0.15) is 0 Å². The van der Waals surface area contributed by atoms with Crippen LogP contribution in [0.2, 0.25) is 0 Å². The summed E-state index contributed by atoms with van der Waals surface area (Å²) in [5.74, 6) is -15.6. The first kappa shape index (κ1) is 24.2. The van der Waals surface area contributed by atoms with Crippen molar-refractivity contribution in [1.82, 2.24) is 0 Å². The number of benzene rings is 2. The lowest BCUT2D eigenvalue weighted by molar-refractivity contribution is -0.357. The molecular weight excluding hydrogens is 433 g/mol. The van der Waals surface area contributed by atoms with Gasteiger partial charge >= 0.3 is 18.0 Å². The zero-order chi connectivity index (χ0) is 23.6. The third kappa shape index (κ3) is 5.15. The van der Waals surface area contributed by atoms with Crippen molar-refractivity contribution in [3.8, 4) is 0 Å². The van der Waals surface area contributed by atoms with E-state index in [9.17, 15) is 40.3 Å². The van der Waals surface area contributed by atoms with Crippen molar-refractivity contribution < 1.29 is 40.3 Å². The molecule has 0 heterocycles. The molecule has 2 amide bonds. The number of rotatable bonds is 6. The average molecular weight is 450 g/mol. The summed E-state index contributed by atoms with van der Waals surface area (Å²) in [5, 5.41) is 4.67. The average Bonchev–Trinajstić information content (AvgIpc) is 2.62. The Morgan fingerprint density at radius 1 is 0.677 bits per heavy atom. The van der Waals surface area contributed by atoms with Crippen LogP contribution in [0.1, 0.15) is 30.9 Å².